The second-order valence-electron chi connectivity index (χ2n) is 7.51. The summed E-state index contributed by atoms with van der Waals surface area (Å²) < 4.78 is 20.0. The number of aryl methyl sites for hydroxylation is 1. The Balaban J connectivity index is 1.50. The molecule has 1 amide bonds. The average Bonchev–Trinajstić information content (AvgIpc) is 3.41. The number of halogens is 1. The Hall–Kier alpha value is -3.61. The first-order chi connectivity index (χ1) is 14.6. The summed E-state index contributed by atoms with van der Waals surface area (Å²) in [6.45, 7) is 2.31. The molecule has 1 atom stereocenters. The molecule has 0 saturated heterocycles. The van der Waals surface area contributed by atoms with Crippen LogP contribution in [0.4, 0.5) is 4.39 Å². The van der Waals surface area contributed by atoms with Gasteiger partial charge < -0.3 is 14.6 Å². The first kappa shape index (κ1) is 18.4. The van der Waals surface area contributed by atoms with Crippen molar-refractivity contribution >= 4 is 16.8 Å². The number of H-pyrrole nitrogens is 2. The minimum absolute atomic E-state index is 0.181. The third-order valence-corrected chi connectivity index (χ3v) is 5.84. The van der Waals surface area contributed by atoms with Crippen LogP contribution in [0, 0.1) is 12.7 Å². The maximum absolute atomic E-state index is 14.7. The first-order valence-electron chi connectivity index (χ1n) is 9.82. The lowest BCUT2D eigenvalue weighted by atomic mass is 9.98. The van der Waals surface area contributed by atoms with Crippen molar-refractivity contribution < 1.29 is 13.9 Å². The summed E-state index contributed by atoms with van der Waals surface area (Å²) >= 11 is 0. The van der Waals surface area contributed by atoms with Crippen LogP contribution < -0.4 is 4.74 Å². The Morgan fingerprint density at radius 1 is 1.23 bits per heavy atom. The van der Waals surface area contributed by atoms with Crippen molar-refractivity contribution in [1.29, 1.82) is 0 Å². The number of rotatable bonds is 5. The number of nitrogens with zero attached hydrogens (tertiary/aromatic N) is 2. The zero-order valence-electron chi connectivity index (χ0n) is 16.7. The van der Waals surface area contributed by atoms with Gasteiger partial charge in [0.25, 0.3) is 5.91 Å². The standard InChI is InChI=1S/C23H21FN4O2/c1-13-20-21(27-26-13)23(29)28(22(20)16-5-3-4-6-18(16)24)10-9-14-12-25-19-8-7-15(30-2)11-17(14)19/h3-8,11-12,22,25H,9-10H2,1-2H3,(H,26,27)/t22-/m0/s1. The molecule has 0 radical (unpaired) electrons. The summed E-state index contributed by atoms with van der Waals surface area (Å²) in [5.74, 6) is 0.270. The van der Waals surface area contributed by atoms with Gasteiger partial charge in [-0.3, -0.25) is 9.89 Å². The Morgan fingerprint density at radius 3 is 2.87 bits per heavy atom. The van der Waals surface area contributed by atoms with Gasteiger partial charge in [0.2, 0.25) is 0 Å². The smallest absolute Gasteiger partial charge is 0.275 e. The second kappa shape index (κ2) is 7.02. The van der Waals surface area contributed by atoms with E-state index in [9.17, 15) is 9.18 Å². The molecule has 0 aliphatic carbocycles. The zero-order chi connectivity index (χ0) is 20.8. The molecule has 1 aliphatic heterocycles. The highest BCUT2D eigenvalue weighted by Crippen LogP contribution is 2.40. The predicted molar refractivity (Wildman–Crippen MR) is 111 cm³/mol. The minimum Gasteiger partial charge on any atom is -0.497 e. The molecule has 2 N–H and O–H groups in total. The fraction of sp³-hybridized carbons (Fsp3) is 0.217. The lowest BCUT2D eigenvalue weighted by molar-refractivity contribution is 0.0744. The molecule has 1 aliphatic rings. The van der Waals surface area contributed by atoms with Crippen LogP contribution in [0.15, 0.2) is 48.7 Å². The van der Waals surface area contributed by atoms with Crippen molar-refractivity contribution in [1.82, 2.24) is 20.1 Å². The molecule has 2 aromatic heterocycles. The molecular formula is C23H21FN4O2. The molecule has 5 rings (SSSR count). The van der Waals surface area contributed by atoms with Crippen molar-refractivity contribution in [3.8, 4) is 5.75 Å². The summed E-state index contributed by atoms with van der Waals surface area (Å²) in [7, 11) is 1.64. The number of aromatic amines is 2. The first-order valence-corrected chi connectivity index (χ1v) is 9.82. The average molecular weight is 404 g/mol. The van der Waals surface area contributed by atoms with E-state index in [4.69, 9.17) is 4.74 Å². The molecular weight excluding hydrogens is 383 g/mol. The van der Waals surface area contributed by atoms with E-state index in [1.165, 1.54) is 6.07 Å². The van der Waals surface area contributed by atoms with Crippen LogP contribution in [0.3, 0.4) is 0 Å². The molecule has 152 valence electrons. The summed E-state index contributed by atoms with van der Waals surface area (Å²) in [4.78, 5) is 18.1. The van der Waals surface area contributed by atoms with Crippen LogP contribution in [-0.4, -0.2) is 39.6 Å². The Labute approximate surface area is 172 Å². The van der Waals surface area contributed by atoms with Gasteiger partial charge in [-0.25, -0.2) is 4.39 Å². The Bertz CT molecular complexity index is 1260. The van der Waals surface area contributed by atoms with E-state index < -0.39 is 6.04 Å². The van der Waals surface area contributed by atoms with Crippen molar-refractivity contribution in [3.05, 3.63) is 82.6 Å². The lowest BCUT2D eigenvalue weighted by Gasteiger charge is -2.26. The molecule has 0 unspecified atom stereocenters. The van der Waals surface area contributed by atoms with E-state index in [1.807, 2.05) is 31.3 Å². The van der Waals surface area contributed by atoms with Gasteiger partial charge in [0.15, 0.2) is 5.69 Å². The maximum Gasteiger partial charge on any atom is 0.275 e. The van der Waals surface area contributed by atoms with E-state index in [1.54, 1.807) is 30.2 Å². The molecule has 0 fully saturated rings. The highest BCUT2D eigenvalue weighted by molar-refractivity contribution is 5.98. The molecule has 0 bridgehead atoms. The molecule has 4 aromatic rings. The molecule has 0 spiro atoms. The van der Waals surface area contributed by atoms with Gasteiger partial charge in [-0.15, -0.1) is 0 Å². The highest BCUT2D eigenvalue weighted by Gasteiger charge is 2.42. The summed E-state index contributed by atoms with van der Waals surface area (Å²) in [5, 5.41) is 8.12. The molecule has 7 heteroatoms. The molecule has 30 heavy (non-hydrogen) atoms. The Kier molecular flexibility index (Phi) is 4.31. The number of hydrogen-bond donors (Lipinski definition) is 2. The molecule has 0 saturated carbocycles. The number of methoxy groups -OCH3 is 1. The fourth-order valence-corrected chi connectivity index (χ4v) is 4.33. The zero-order valence-corrected chi connectivity index (χ0v) is 16.7. The molecule has 3 heterocycles. The van der Waals surface area contributed by atoms with Crippen molar-refractivity contribution in [2.75, 3.05) is 13.7 Å². The van der Waals surface area contributed by atoms with Crippen LogP contribution in [0.1, 0.15) is 38.9 Å². The van der Waals surface area contributed by atoms with E-state index in [0.717, 1.165) is 33.5 Å². The topological polar surface area (TPSA) is 74.0 Å². The van der Waals surface area contributed by atoms with Crippen molar-refractivity contribution in [3.63, 3.8) is 0 Å². The third kappa shape index (κ3) is 2.77. The summed E-state index contributed by atoms with van der Waals surface area (Å²) in [5.41, 5.74) is 4.48. The number of amides is 1. The van der Waals surface area contributed by atoms with Crippen molar-refractivity contribution in [2.24, 2.45) is 0 Å². The van der Waals surface area contributed by atoms with Crippen LogP contribution in [-0.2, 0) is 6.42 Å². The third-order valence-electron chi connectivity index (χ3n) is 5.84. The van der Waals surface area contributed by atoms with Gasteiger partial charge in [0, 0.05) is 40.5 Å². The quantitative estimate of drug-likeness (QED) is 0.525. The maximum atomic E-state index is 14.7. The fourth-order valence-electron chi connectivity index (χ4n) is 4.33. The number of carbonyl (C=O) groups excluding carboxylic acids is 1. The van der Waals surface area contributed by atoms with Crippen LogP contribution in [0.5, 0.6) is 5.75 Å². The summed E-state index contributed by atoms with van der Waals surface area (Å²) in [6, 6.07) is 12.0. The number of aromatic nitrogens is 3. The monoisotopic (exact) mass is 404 g/mol. The predicted octanol–water partition coefficient (Wildman–Crippen LogP) is 4.14. The number of fused-ring (bicyclic) bond motifs is 2. The van der Waals surface area contributed by atoms with Gasteiger partial charge >= 0.3 is 0 Å². The molecule has 2 aromatic carbocycles. The van der Waals surface area contributed by atoms with Gasteiger partial charge in [0.05, 0.1) is 13.2 Å². The SMILES string of the molecule is COc1ccc2[nH]cc(CCN3C(=O)c4n[nH]c(C)c4[C@@H]3c3ccccc3F)c2c1. The molecule has 6 nitrogen and oxygen atoms in total. The van der Waals surface area contributed by atoms with Gasteiger partial charge in [-0.2, -0.15) is 5.10 Å². The van der Waals surface area contributed by atoms with E-state index >= 15 is 0 Å². The number of carbonyl (C=O) groups is 1. The van der Waals surface area contributed by atoms with E-state index in [-0.39, 0.29) is 11.7 Å². The highest BCUT2D eigenvalue weighted by atomic mass is 19.1. The van der Waals surface area contributed by atoms with Crippen LogP contribution in [0.2, 0.25) is 0 Å². The van der Waals surface area contributed by atoms with Gasteiger partial charge in [-0.05, 0) is 43.2 Å². The lowest BCUT2D eigenvalue weighted by Crippen LogP contribution is -2.32. The van der Waals surface area contributed by atoms with Crippen LogP contribution in [0.25, 0.3) is 10.9 Å². The number of nitrogens with one attached hydrogen (secondary N) is 2. The summed E-state index contributed by atoms with van der Waals surface area (Å²) in [6.07, 6.45) is 2.57. The Morgan fingerprint density at radius 2 is 2.07 bits per heavy atom. The second-order valence-corrected chi connectivity index (χ2v) is 7.51. The number of benzene rings is 2. The van der Waals surface area contributed by atoms with E-state index in [2.05, 4.69) is 15.2 Å². The van der Waals surface area contributed by atoms with Gasteiger partial charge in [-0.1, -0.05) is 18.2 Å². The van der Waals surface area contributed by atoms with Crippen LogP contribution >= 0.6 is 0 Å². The van der Waals surface area contributed by atoms with Gasteiger partial charge in [0.1, 0.15) is 11.6 Å². The normalized spacial score (nSPS) is 15.8. The minimum atomic E-state index is -0.493. The number of hydrogen-bond acceptors (Lipinski definition) is 3. The number of ether oxygens (including phenoxy) is 1. The van der Waals surface area contributed by atoms with Crippen molar-refractivity contribution in [2.45, 2.75) is 19.4 Å². The largest absolute Gasteiger partial charge is 0.497 e. The van der Waals surface area contributed by atoms with E-state index in [0.29, 0.717) is 24.2 Å².